The first-order valence-corrected chi connectivity index (χ1v) is 5.56. The smallest absolute Gasteiger partial charge is 0.324 e. The number of imide groups is 1. The molecule has 0 spiro atoms. The number of hydrogen-bond acceptors (Lipinski definition) is 4. The number of aliphatic carboxylic acids is 1. The maximum absolute atomic E-state index is 11.5. The molecule has 100 valence electrons. The summed E-state index contributed by atoms with van der Waals surface area (Å²) in [5, 5.41) is 13.1. The summed E-state index contributed by atoms with van der Waals surface area (Å²) in [7, 11) is 0. The summed E-state index contributed by atoms with van der Waals surface area (Å²) in [6.45, 7) is 0.633. The first-order valence-electron chi connectivity index (χ1n) is 5.56. The van der Waals surface area contributed by atoms with Gasteiger partial charge in [-0.3, -0.25) is 19.7 Å². The second kappa shape index (κ2) is 6.58. The quantitative estimate of drug-likeness (QED) is 0.591. The van der Waals surface area contributed by atoms with Crippen LogP contribution in [0.3, 0.4) is 0 Å². The van der Waals surface area contributed by atoms with Crippen LogP contribution in [0.15, 0.2) is 0 Å². The number of urea groups is 1. The Labute approximate surface area is 103 Å². The number of carboxylic acid groups (broad SMARTS) is 1. The van der Waals surface area contributed by atoms with Crippen LogP contribution in [0.25, 0.3) is 0 Å². The minimum absolute atomic E-state index is 0.0297. The van der Waals surface area contributed by atoms with Crippen LogP contribution in [0.5, 0.6) is 0 Å². The van der Waals surface area contributed by atoms with Crippen LogP contribution in [-0.2, 0) is 14.4 Å². The van der Waals surface area contributed by atoms with E-state index in [1.54, 1.807) is 0 Å². The Bertz CT molecular complexity index is 369. The van der Waals surface area contributed by atoms with Crippen LogP contribution in [-0.4, -0.2) is 53.5 Å². The molecular formula is C10H15N3O5. The molecule has 0 unspecified atom stereocenters. The Hall–Kier alpha value is -2.12. The largest absolute Gasteiger partial charge is 0.481 e. The zero-order valence-electron chi connectivity index (χ0n) is 9.77. The van der Waals surface area contributed by atoms with E-state index in [1.807, 2.05) is 0 Å². The maximum Gasteiger partial charge on any atom is 0.324 e. The van der Waals surface area contributed by atoms with E-state index in [2.05, 4.69) is 10.6 Å². The molecule has 1 fully saturated rings. The Morgan fingerprint density at radius 1 is 1.33 bits per heavy atom. The molecule has 0 atom stereocenters. The van der Waals surface area contributed by atoms with Gasteiger partial charge in [-0.15, -0.1) is 0 Å². The topological polar surface area (TPSA) is 116 Å². The van der Waals surface area contributed by atoms with Crippen LogP contribution in [0, 0.1) is 0 Å². The summed E-state index contributed by atoms with van der Waals surface area (Å²) in [6, 6.07) is -0.620. The molecule has 4 amide bonds. The van der Waals surface area contributed by atoms with Crippen molar-refractivity contribution in [1.82, 2.24) is 15.5 Å². The van der Waals surface area contributed by atoms with E-state index in [-0.39, 0.29) is 31.7 Å². The van der Waals surface area contributed by atoms with E-state index in [0.717, 1.165) is 0 Å². The van der Waals surface area contributed by atoms with Gasteiger partial charge in [0.1, 0.15) is 6.54 Å². The predicted octanol–water partition coefficient (Wildman–Crippen LogP) is -1.09. The molecule has 18 heavy (non-hydrogen) atoms. The summed E-state index contributed by atoms with van der Waals surface area (Å²) < 4.78 is 0. The van der Waals surface area contributed by atoms with Gasteiger partial charge in [0.05, 0.1) is 0 Å². The molecule has 0 aromatic rings. The lowest BCUT2D eigenvalue weighted by Gasteiger charge is -2.26. The number of carboxylic acids is 1. The molecule has 1 aliphatic heterocycles. The van der Waals surface area contributed by atoms with Gasteiger partial charge in [-0.1, -0.05) is 0 Å². The van der Waals surface area contributed by atoms with Crippen molar-refractivity contribution in [1.29, 1.82) is 0 Å². The van der Waals surface area contributed by atoms with E-state index >= 15 is 0 Å². The average Bonchev–Trinajstić information content (AvgIpc) is 2.28. The minimum atomic E-state index is -0.984. The molecule has 8 heteroatoms. The molecule has 0 radical (unpaired) electrons. The molecule has 3 N–H and O–H groups in total. The average molecular weight is 257 g/mol. The van der Waals surface area contributed by atoms with Crippen LogP contribution < -0.4 is 10.6 Å². The lowest BCUT2D eigenvalue weighted by molar-refractivity contribution is -0.137. The fourth-order valence-corrected chi connectivity index (χ4v) is 1.47. The van der Waals surface area contributed by atoms with Crippen LogP contribution in [0.4, 0.5) is 4.79 Å². The third kappa shape index (κ3) is 4.81. The maximum atomic E-state index is 11.5. The standard InChI is InChI=1S/C10H15N3O5/c14-7(2-1-3-9(16)17)12-10(18)13-5-4-11-8(15)6-13/h1-6H2,(H,11,15)(H,16,17)(H,12,14,18). The van der Waals surface area contributed by atoms with Crippen molar-refractivity contribution in [3.8, 4) is 0 Å². The van der Waals surface area contributed by atoms with E-state index < -0.39 is 17.9 Å². The fraction of sp³-hybridized carbons (Fsp3) is 0.600. The number of piperazine rings is 1. The highest BCUT2D eigenvalue weighted by Gasteiger charge is 2.22. The van der Waals surface area contributed by atoms with E-state index in [1.165, 1.54) is 4.90 Å². The minimum Gasteiger partial charge on any atom is -0.481 e. The molecule has 0 saturated carbocycles. The van der Waals surface area contributed by atoms with Crippen molar-refractivity contribution >= 4 is 23.8 Å². The molecule has 0 aromatic heterocycles. The summed E-state index contributed by atoms with van der Waals surface area (Å²) in [6.07, 6.45) is 0.0285. The van der Waals surface area contributed by atoms with Crippen molar-refractivity contribution in [3.05, 3.63) is 0 Å². The number of nitrogens with one attached hydrogen (secondary N) is 2. The molecule has 1 aliphatic rings. The molecule has 1 saturated heterocycles. The van der Waals surface area contributed by atoms with Crippen molar-refractivity contribution in [2.24, 2.45) is 0 Å². The third-order valence-corrected chi connectivity index (χ3v) is 2.37. The number of nitrogens with zero attached hydrogens (tertiary/aromatic N) is 1. The zero-order chi connectivity index (χ0) is 13.5. The number of carbonyl (C=O) groups is 4. The normalized spacial score (nSPS) is 14.9. The second-order valence-electron chi connectivity index (χ2n) is 3.87. The molecule has 0 aromatic carbocycles. The molecular weight excluding hydrogens is 242 g/mol. The molecule has 8 nitrogen and oxygen atoms in total. The first-order chi connectivity index (χ1) is 8.49. The van der Waals surface area contributed by atoms with Gasteiger partial charge in [0.15, 0.2) is 0 Å². The van der Waals surface area contributed by atoms with E-state index in [9.17, 15) is 19.2 Å². The van der Waals surface area contributed by atoms with Gasteiger partial charge >= 0.3 is 12.0 Å². The monoisotopic (exact) mass is 257 g/mol. The third-order valence-electron chi connectivity index (χ3n) is 2.37. The van der Waals surface area contributed by atoms with Gasteiger partial charge in [-0.25, -0.2) is 4.79 Å². The van der Waals surface area contributed by atoms with Gasteiger partial charge < -0.3 is 15.3 Å². The van der Waals surface area contributed by atoms with Gasteiger partial charge in [0, 0.05) is 25.9 Å². The Balaban J connectivity index is 2.28. The van der Waals surface area contributed by atoms with Gasteiger partial charge in [-0.05, 0) is 6.42 Å². The number of hydrogen-bond donors (Lipinski definition) is 3. The highest BCUT2D eigenvalue weighted by atomic mass is 16.4. The van der Waals surface area contributed by atoms with E-state index in [4.69, 9.17) is 5.11 Å². The van der Waals surface area contributed by atoms with Gasteiger partial charge in [0.2, 0.25) is 11.8 Å². The zero-order valence-corrected chi connectivity index (χ0v) is 9.77. The van der Waals surface area contributed by atoms with Crippen LogP contribution >= 0.6 is 0 Å². The van der Waals surface area contributed by atoms with Crippen molar-refractivity contribution in [2.45, 2.75) is 19.3 Å². The highest BCUT2D eigenvalue weighted by molar-refractivity contribution is 5.96. The number of rotatable bonds is 4. The lowest BCUT2D eigenvalue weighted by atomic mass is 10.2. The van der Waals surface area contributed by atoms with Gasteiger partial charge in [0.25, 0.3) is 0 Å². The highest BCUT2D eigenvalue weighted by Crippen LogP contribution is 1.98. The van der Waals surface area contributed by atoms with Crippen molar-refractivity contribution in [3.63, 3.8) is 0 Å². The second-order valence-corrected chi connectivity index (χ2v) is 3.87. The summed E-state index contributed by atoms with van der Waals surface area (Å²) in [4.78, 5) is 45.3. The van der Waals surface area contributed by atoms with E-state index in [0.29, 0.717) is 13.1 Å². The predicted molar refractivity (Wildman–Crippen MR) is 59.6 cm³/mol. The molecule has 0 aliphatic carbocycles. The SMILES string of the molecule is O=C(O)CCCC(=O)NC(=O)N1CCNC(=O)C1. The number of carbonyl (C=O) groups excluding carboxylic acids is 3. The lowest BCUT2D eigenvalue weighted by Crippen LogP contribution is -2.53. The van der Waals surface area contributed by atoms with Crippen LogP contribution in [0.1, 0.15) is 19.3 Å². The van der Waals surface area contributed by atoms with Crippen LogP contribution in [0.2, 0.25) is 0 Å². The molecule has 1 rings (SSSR count). The molecule has 0 bridgehead atoms. The summed E-state index contributed by atoms with van der Waals surface area (Å²) in [5.41, 5.74) is 0. The summed E-state index contributed by atoms with van der Waals surface area (Å²) >= 11 is 0. The number of amides is 4. The summed E-state index contributed by atoms with van der Waals surface area (Å²) in [5.74, 6) is -1.79. The van der Waals surface area contributed by atoms with Gasteiger partial charge in [-0.2, -0.15) is 0 Å². The Morgan fingerprint density at radius 3 is 2.67 bits per heavy atom. The fourth-order valence-electron chi connectivity index (χ4n) is 1.47. The first kappa shape index (κ1) is 13.9. The Morgan fingerprint density at radius 2 is 2.06 bits per heavy atom. The Kier molecular flexibility index (Phi) is 5.09. The van der Waals surface area contributed by atoms with Crippen molar-refractivity contribution < 1.29 is 24.3 Å². The van der Waals surface area contributed by atoms with Crippen molar-refractivity contribution in [2.75, 3.05) is 19.6 Å². The molecule has 1 heterocycles.